The van der Waals surface area contributed by atoms with Crippen molar-refractivity contribution in [2.45, 2.75) is 33.7 Å². The highest BCUT2D eigenvalue weighted by atomic mass is 16.5. The van der Waals surface area contributed by atoms with Gasteiger partial charge in [0.2, 0.25) is 5.91 Å². The Bertz CT molecular complexity index is 828. The van der Waals surface area contributed by atoms with Crippen LogP contribution in [0.2, 0.25) is 0 Å². The van der Waals surface area contributed by atoms with Crippen LogP contribution in [0.3, 0.4) is 0 Å². The number of carbonyl (C=O) groups excluding carboxylic acids is 3. The normalized spacial score (nSPS) is 11.6. The van der Waals surface area contributed by atoms with Crippen LogP contribution >= 0.6 is 0 Å². The number of hydrogen-bond acceptors (Lipinski definition) is 4. The van der Waals surface area contributed by atoms with Crippen molar-refractivity contribution in [3.05, 3.63) is 59.7 Å². The lowest BCUT2D eigenvalue weighted by Gasteiger charge is -2.21. The number of amides is 2. The highest BCUT2D eigenvalue weighted by Gasteiger charge is 2.27. The summed E-state index contributed by atoms with van der Waals surface area (Å²) in [5.74, 6) is -0.850. The van der Waals surface area contributed by atoms with E-state index in [0.717, 1.165) is 5.56 Å². The average molecular weight is 368 g/mol. The van der Waals surface area contributed by atoms with Crippen molar-refractivity contribution in [3.63, 3.8) is 0 Å². The van der Waals surface area contributed by atoms with Crippen molar-refractivity contribution in [3.8, 4) is 5.75 Å². The van der Waals surface area contributed by atoms with E-state index in [0.29, 0.717) is 17.0 Å². The minimum absolute atomic E-state index is 0.149. The summed E-state index contributed by atoms with van der Waals surface area (Å²) >= 11 is 0. The number of esters is 1. The van der Waals surface area contributed by atoms with Crippen LogP contribution in [0.5, 0.6) is 5.75 Å². The summed E-state index contributed by atoms with van der Waals surface area (Å²) in [4.78, 5) is 36.1. The van der Waals surface area contributed by atoms with Crippen molar-refractivity contribution in [2.75, 3.05) is 5.32 Å². The van der Waals surface area contributed by atoms with Crippen molar-refractivity contribution in [1.82, 2.24) is 5.32 Å². The number of rotatable bonds is 6. The van der Waals surface area contributed by atoms with Gasteiger partial charge in [0.25, 0.3) is 5.91 Å². The van der Waals surface area contributed by atoms with Gasteiger partial charge in [0.1, 0.15) is 11.8 Å². The van der Waals surface area contributed by atoms with Crippen LogP contribution in [0, 0.1) is 12.8 Å². The molecule has 0 spiro atoms. The van der Waals surface area contributed by atoms with Gasteiger partial charge in [0.15, 0.2) is 0 Å². The first-order chi connectivity index (χ1) is 12.8. The summed E-state index contributed by atoms with van der Waals surface area (Å²) in [6.45, 7) is 6.93. The van der Waals surface area contributed by atoms with Crippen molar-refractivity contribution < 1.29 is 19.1 Å². The first kappa shape index (κ1) is 20.2. The average Bonchev–Trinajstić information content (AvgIpc) is 2.60. The Morgan fingerprint density at radius 2 is 1.59 bits per heavy atom. The molecular weight excluding hydrogens is 344 g/mol. The Labute approximate surface area is 158 Å². The first-order valence-electron chi connectivity index (χ1n) is 8.73. The highest BCUT2D eigenvalue weighted by Crippen LogP contribution is 2.17. The molecule has 0 aliphatic rings. The molecule has 0 aromatic heterocycles. The lowest BCUT2D eigenvalue weighted by atomic mass is 10.0. The Balaban J connectivity index is 2.07. The largest absolute Gasteiger partial charge is 0.425 e. The van der Waals surface area contributed by atoms with Crippen molar-refractivity contribution in [1.29, 1.82) is 0 Å². The number of anilines is 1. The second-order valence-corrected chi connectivity index (χ2v) is 6.64. The Kier molecular flexibility index (Phi) is 6.71. The van der Waals surface area contributed by atoms with Gasteiger partial charge >= 0.3 is 5.97 Å². The van der Waals surface area contributed by atoms with E-state index in [1.807, 2.05) is 32.9 Å². The summed E-state index contributed by atoms with van der Waals surface area (Å²) in [6.07, 6.45) is 0. The fourth-order valence-electron chi connectivity index (χ4n) is 2.53. The second kappa shape index (κ2) is 8.98. The zero-order valence-electron chi connectivity index (χ0n) is 15.9. The molecule has 0 saturated carbocycles. The fraction of sp³-hybridized carbons (Fsp3) is 0.286. The molecule has 0 radical (unpaired) electrons. The maximum absolute atomic E-state index is 12.6. The quantitative estimate of drug-likeness (QED) is 0.605. The third-order valence-electron chi connectivity index (χ3n) is 3.99. The molecule has 2 aromatic carbocycles. The fourth-order valence-corrected chi connectivity index (χ4v) is 2.53. The van der Waals surface area contributed by atoms with Crippen LogP contribution in [-0.2, 0) is 9.59 Å². The molecule has 0 fully saturated rings. The van der Waals surface area contributed by atoms with E-state index in [4.69, 9.17) is 4.74 Å². The Hall–Kier alpha value is -3.15. The van der Waals surface area contributed by atoms with Crippen molar-refractivity contribution >= 4 is 23.5 Å². The number of nitrogens with one attached hydrogen (secondary N) is 2. The van der Waals surface area contributed by atoms with Crippen LogP contribution < -0.4 is 15.4 Å². The van der Waals surface area contributed by atoms with Crippen LogP contribution in [0.15, 0.2) is 48.5 Å². The van der Waals surface area contributed by atoms with Gasteiger partial charge < -0.3 is 15.4 Å². The second-order valence-electron chi connectivity index (χ2n) is 6.64. The van der Waals surface area contributed by atoms with Gasteiger partial charge in [-0.15, -0.1) is 0 Å². The van der Waals surface area contributed by atoms with Gasteiger partial charge in [-0.25, -0.2) is 4.79 Å². The van der Waals surface area contributed by atoms with Crippen LogP contribution in [-0.4, -0.2) is 23.8 Å². The molecule has 0 aliphatic carbocycles. The van der Waals surface area contributed by atoms with Crippen molar-refractivity contribution in [2.24, 2.45) is 5.92 Å². The lowest BCUT2D eigenvalue weighted by molar-refractivity contribution is -0.137. The summed E-state index contributed by atoms with van der Waals surface area (Å²) < 4.78 is 5.40. The summed E-state index contributed by atoms with van der Waals surface area (Å²) in [5.41, 5.74) is 1.96. The Morgan fingerprint density at radius 3 is 2.15 bits per heavy atom. The van der Waals surface area contributed by atoms with E-state index >= 15 is 0 Å². The van der Waals surface area contributed by atoms with E-state index in [2.05, 4.69) is 10.6 Å². The van der Waals surface area contributed by atoms with Gasteiger partial charge in [-0.2, -0.15) is 0 Å². The number of benzene rings is 2. The zero-order chi connectivity index (χ0) is 20.0. The molecule has 6 nitrogen and oxygen atoms in total. The molecule has 27 heavy (non-hydrogen) atoms. The van der Waals surface area contributed by atoms with Crippen LogP contribution in [0.25, 0.3) is 0 Å². The van der Waals surface area contributed by atoms with Gasteiger partial charge in [0, 0.05) is 18.2 Å². The molecule has 2 aromatic rings. The standard InChI is InChI=1S/C21H24N2O4/c1-13(2)19(23-20(25)18-8-6-5-7-14(18)3)21(26)27-17-11-9-16(10-12-17)22-15(4)24/h5-13,19H,1-4H3,(H,22,24)(H,23,25). The van der Waals surface area contributed by atoms with Gasteiger partial charge in [-0.05, 0) is 48.7 Å². The molecule has 142 valence electrons. The predicted octanol–water partition coefficient (Wildman–Crippen LogP) is 3.31. The first-order valence-corrected chi connectivity index (χ1v) is 8.73. The number of aryl methyl sites for hydroxylation is 1. The maximum Gasteiger partial charge on any atom is 0.334 e. The molecule has 0 bridgehead atoms. The van der Waals surface area contributed by atoms with E-state index < -0.39 is 12.0 Å². The highest BCUT2D eigenvalue weighted by molar-refractivity contribution is 5.98. The molecule has 0 aliphatic heterocycles. The number of carbonyl (C=O) groups is 3. The van der Waals surface area contributed by atoms with Crippen LogP contribution in [0.1, 0.15) is 36.7 Å². The molecule has 2 amide bonds. The summed E-state index contributed by atoms with van der Waals surface area (Å²) in [7, 11) is 0. The predicted molar refractivity (Wildman–Crippen MR) is 104 cm³/mol. The molecule has 1 unspecified atom stereocenters. The van der Waals surface area contributed by atoms with Gasteiger partial charge in [-0.1, -0.05) is 32.0 Å². The summed E-state index contributed by atoms with van der Waals surface area (Å²) in [5, 5.41) is 5.40. The van der Waals surface area contributed by atoms with E-state index in [1.165, 1.54) is 6.92 Å². The molecule has 1 atom stereocenters. The zero-order valence-corrected chi connectivity index (χ0v) is 15.9. The van der Waals surface area contributed by atoms with E-state index in [1.54, 1.807) is 36.4 Å². The number of ether oxygens (including phenoxy) is 1. The Morgan fingerprint density at radius 1 is 0.963 bits per heavy atom. The lowest BCUT2D eigenvalue weighted by Crippen LogP contribution is -2.46. The number of hydrogen-bond donors (Lipinski definition) is 2. The monoisotopic (exact) mass is 368 g/mol. The van der Waals surface area contributed by atoms with Crippen LogP contribution in [0.4, 0.5) is 5.69 Å². The minimum atomic E-state index is -0.785. The molecule has 0 heterocycles. The topological polar surface area (TPSA) is 84.5 Å². The molecule has 2 rings (SSSR count). The molecule has 6 heteroatoms. The molecule has 0 saturated heterocycles. The van der Waals surface area contributed by atoms with Gasteiger partial charge in [0.05, 0.1) is 0 Å². The third-order valence-corrected chi connectivity index (χ3v) is 3.99. The third kappa shape index (κ3) is 5.67. The smallest absolute Gasteiger partial charge is 0.334 e. The van der Waals surface area contributed by atoms with Gasteiger partial charge in [-0.3, -0.25) is 9.59 Å². The van der Waals surface area contributed by atoms with E-state index in [9.17, 15) is 14.4 Å². The maximum atomic E-state index is 12.6. The summed E-state index contributed by atoms with van der Waals surface area (Å²) in [6, 6.07) is 12.9. The molecular formula is C21H24N2O4. The minimum Gasteiger partial charge on any atom is -0.425 e. The van der Waals surface area contributed by atoms with E-state index in [-0.39, 0.29) is 17.7 Å². The molecule has 2 N–H and O–H groups in total. The SMILES string of the molecule is CC(=O)Nc1ccc(OC(=O)C(NC(=O)c2ccccc2C)C(C)C)cc1.